The van der Waals surface area contributed by atoms with Crippen molar-refractivity contribution < 1.29 is 19.0 Å². The smallest absolute Gasteiger partial charge is 0.255 e. The van der Waals surface area contributed by atoms with E-state index in [2.05, 4.69) is 20.6 Å². The van der Waals surface area contributed by atoms with Gasteiger partial charge in [-0.05, 0) is 24.6 Å². The molecule has 8 nitrogen and oxygen atoms in total. The Labute approximate surface area is 195 Å². The van der Waals surface area contributed by atoms with E-state index in [4.69, 9.17) is 25.8 Å². The van der Waals surface area contributed by atoms with Gasteiger partial charge < -0.3 is 29.8 Å². The van der Waals surface area contributed by atoms with E-state index < -0.39 is 0 Å². The fourth-order valence-electron chi connectivity index (χ4n) is 4.52. The monoisotopic (exact) mass is 466 g/mol. The maximum Gasteiger partial charge on any atom is 0.255 e. The van der Waals surface area contributed by atoms with Crippen LogP contribution in [0.15, 0.2) is 36.7 Å². The van der Waals surface area contributed by atoms with Crippen LogP contribution in [0.5, 0.6) is 11.5 Å². The second kappa shape index (κ2) is 7.97. The van der Waals surface area contributed by atoms with E-state index in [-0.39, 0.29) is 24.0 Å². The van der Waals surface area contributed by atoms with E-state index in [1.165, 1.54) is 0 Å². The van der Waals surface area contributed by atoms with Gasteiger partial charge in [-0.25, -0.2) is 0 Å². The molecule has 3 aromatic rings. The quantitative estimate of drug-likeness (QED) is 0.481. The van der Waals surface area contributed by atoms with Crippen LogP contribution in [0.4, 0.5) is 11.4 Å². The number of para-hydroxylation sites is 1. The van der Waals surface area contributed by atoms with Gasteiger partial charge in [0.05, 0.1) is 47.1 Å². The Morgan fingerprint density at radius 2 is 2.21 bits per heavy atom. The van der Waals surface area contributed by atoms with Crippen molar-refractivity contribution in [1.82, 2.24) is 15.3 Å². The topological polar surface area (TPSA) is 97.5 Å². The molecule has 0 spiro atoms. The number of methoxy groups -OCH3 is 1. The molecule has 9 heteroatoms. The minimum absolute atomic E-state index is 0.0984. The summed E-state index contributed by atoms with van der Waals surface area (Å²) in [7, 11) is 1.57. The molecule has 0 unspecified atom stereocenters. The molecule has 6 rings (SSSR count). The molecule has 1 amide bonds. The molecule has 1 saturated carbocycles. The summed E-state index contributed by atoms with van der Waals surface area (Å²) in [5.41, 5.74) is 4.44. The zero-order chi connectivity index (χ0) is 22.5. The van der Waals surface area contributed by atoms with Gasteiger partial charge in [0.25, 0.3) is 5.91 Å². The number of hydrogen-bond donors (Lipinski definition) is 3. The molecule has 1 aromatic carbocycles. The van der Waals surface area contributed by atoms with Gasteiger partial charge in [0, 0.05) is 42.4 Å². The maximum atomic E-state index is 13.1. The predicted molar refractivity (Wildman–Crippen MR) is 124 cm³/mol. The van der Waals surface area contributed by atoms with Gasteiger partial charge >= 0.3 is 0 Å². The van der Waals surface area contributed by atoms with Gasteiger partial charge in [-0.2, -0.15) is 0 Å². The number of rotatable bonds is 7. The molecule has 33 heavy (non-hydrogen) atoms. The lowest BCUT2D eigenvalue weighted by atomic mass is 10.0. The van der Waals surface area contributed by atoms with Crippen LogP contribution >= 0.6 is 11.6 Å². The molecule has 1 aliphatic carbocycles. The zero-order valence-electron chi connectivity index (χ0n) is 18.0. The fraction of sp³-hybridized carbons (Fsp3) is 0.333. The maximum absolute atomic E-state index is 13.1. The van der Waals surface area contributed by atoms with E-state index in [0.29, 0.717) is 40.1 Å². The van der Waals surface area contributed by atoms with E-state index in [1.807, 2.05) is 18.2 Å². The van der Waals surface area contributed by atoms with Crippen LogP contribution < -0.4 is 20.1 Å². The number of halogens is 1. The number of ether oxygens (including phenoxy) is 3. The number of nitrogens with zero attached hydrogens (tertiary/aromatic N) is 1. The highest BCUT2D eigenvalue weighted by atomic mass is 35.5. The Hall–Kier alpha value is -3.23. The zero-order valence-corrected chi connectivity index (χ0v) is 18.7. The molecule has 0 bridgehead atoms. The minimum Gasteiger partial charge on any atom is -0.493 e. The lowest BCUT2D eigenvalue weighted by Gasteiger charge is -2.26. The standard InChI is InChI=1S/C24H23ClN4O4/c1-31-23-15(25)3-2-4-16(23)27-22-19-20(14-9-17(14)28-24(19)30)29-21(22)13-5-7-26-10-18(13)33-11-12-6-8-32-12/h2-5,7,10,12,14,17,27,29H,6,8-9,11H2,1H3,(H,28,30)/t12-,14+,17-/m1/s1. The Morgan fingerprint density at radius 3 is 3.00 bits per heavy atom. The summed E-state index contributed by atoms with van der Waals surface area (Å²) in [4.78, 5) is 20.8. The molecule has 1 saturated heterocycles. The van der Waals surface area contributed by atoms with Gasteiger partial charge in [-0.1, -0.05) is 17.7 Å². The van der Waals surface area contributed by atoms with E-state index in [1.54, 1.807) is 25.6 Å². The van der Waals surface area contributed by atoms with Crippen molar-refractivity contribution in [3.05, 3.63) is 52.9 Å². The average Bonchev–Trinajstić information content (AvgIpc) is 3.45. The molecule has 2 aliphatic heterocycles. The summed E-state index contributed by atoms with van der Waals surface area (Å²) in [5.74, 6) is 1.31. The van der Waals surface area contributed by atoms with Crippen molar-refractivity contribution in [3.63, 3.8) is 0 Å². The molecular formula is C24H23ClN4O4. The number of nitrogens with one attached hydrogen (secondary N) is 3. The van der Waals surface area contributed by atoms with Crippen LogP contribution in [0.1, 0.15) is 34.8 Å². The third-order valence-electron chi connectivity index (χ3n) is 6.44. The summed E-state index contributed by atoms with van der Waals surface area (Å²) in [6.45, 7) is 1.22. The highest BCUT2D eigenvalue weighted by Gasteiger charge is 2.48. The second-order valence-corrected chi connectivity index (χ2v) is 8.90. The van der Waals surface area contributed by atoms with Crippen LogP contribution in [-0.4, -0.2) is 48.3 Å². The van der Waals surface area contributed by atoms with Crippen molar-refractivity contribution in [2.24, 2.45) is 0 Å². The van der Waals surface area contributed by atoms with Crippen LogP contribution in [0.25, 0.3) is 11.3 Å². The molecule has 2 aromatic heterocycles. The predicted octanol–water partition coefficient (Wildman–Crippen LogP) is 4.25. The van der Waals surface area contributed by atoms with E-state index in [0.717, 1.165) is 36.4 Å². The number of benzene rings is 1. The molecule has 0 radical (unpaired) electrons. The number of anilines is 2. The third kappa shape index (κ3) is 3.50. The summed E-state index contributed by atoms with van der Waals surface area (Å²) in [6, 6.07) is 7.54. The first-order valence-electron chi connectivity index (χ1n) is 11.0. The average molecular weight is 467 g/mol. The molecular weight excluding hydrogens is 444 g/mol. The summed E-state index contributed by atoms with van der Waals surface area (Å²) in [6.07, 6.45) is 5.42. The summed E-state index contributed by atoms with van der Waals surface area (Å²) in [5, 5.41) is 7.00. The van der Waals surface area contributed by atoms with Gasteiger partial charge in [-0.3, -0.25) is 9.78 Å². The Morgan fingerprint density at radius 1 is 1.33 bits per heavy atom. The lowest BCUT2D eigenvalue weighted by Crippen LogP contribution is -2.32. The number of aromatic amines is 1. The number of fused-ring (bicyclic) bond motifs is 3. The Kier molecular flexibility index (Phi) is 4.92. The first kappa shape index (κ1) is 20.4. The molecule has 4 heterocycles. The minimum atomic E-state index is -0.103. The Bertz CT molecular complexity index is 1240. The van der Waals surface area contributed by atoms with Crippen LogP contribution in [0.3, 0.4) is 0 Å². The first-order valence-corrected chi connectivity index (χ1v) is 11.4. The number of aromatic nitrogens is 2. The summed E-state index contributed by atoms with van der Waals surface area (Å²) >= 11 is 6.35. The first-order chi connectivity index (χ1) is 16.1. The van der Waals surface area contributed by atoms with Crippen molar-refractivity contribution in [3.8, 4) is 22.8 Å². The van der Waals surface area contributed by atoms with Crippen molar-refractivity contribution in [1.29, 1.82) is 0 Å². The number of carbonyl (C=O) groups excluding carboxylic acids is 1. The molecule has 3 N–H and O–H groups in total. The van der Waals surface area contributed by atoms with Gasteiger partial charge in [0.2, 0.25) is 0 Å². The fourth-order valence-corrected chi connectivity index (χ4v) is 4.78. The summed E-state index contributed by atoms with van der Waals surface area (Å²) < 4.78 is 17.1. The molecule has 3 aliphatic rings. The normalized spacial score (nSPS) is 22.5. The van der Waals surface area contributed by atoms with E-state index >= 15 is 0 Å². The number of carbonyl (C=O) groups is 1. The van der Waals surface area contributed by atoms with Crippen LogP contribution in [0.2, 0.25) is 5.02 Å². The largest absolute Gasteiger partial charge is 0.493 e. The number of pyridine rings is 1. The van der Waals surface area contributed by atoms with Crippen LogP contribution in [-0.2, 0) is 4.74 Å². The molecule has 2 fully saturated rings. The third-order valence-corrected chi connectivity index (χ3v) is 6.73. The van der Waals surface area contributed by atoms with Crippen LogP contribution in [0, 0.1) is 0 Å². The highest BCUT2D eigenvalue weighted by Crippen LogP contribution is 2.51. The number of H-pyrrole nitrogens is 1. The molecule has 3 atom stereocenters. The second-order valence-electron chi connectivity index (χ2n) is 8.50. The highest BCUT2D eigenvalue weighted by molar-refractivity contribution is 6.32. The van der Waals surface area contributed by atoms with Gasteiger partial charge in [-0.15, -0.1) is 0 Å². The number of hydrogen-bond acceptors (Lipinski definition) is 6. The Balaban J connectivity index is 1.46. The van der Waals surface area contributed by atoms with Gasteiger partial charge in [0.1, 0.15) is 12.4 Å². The molecule has 170 valence electrons. The SMILES string of the molecule is COc1c(Cl)cccc1Nc1c(-c2ccncc2OC[C@H]2CCO2)[nH]c2c1C(=O)N[C@@H]1C[C@H]21. The van der Waals surface area contributed by atoms with Crippen molar-refractivity contribution >= 4 is 28.9 Å². The lowest BCUT2D eigenvalue weighted by molar-refractivity contribution is -0.0720. The van der Waals surface area contributed by atoms with Crippen molar-refractivity contribution in [2.75, 3.05) is 25.6 Å². The number of amides is 1. The van der Waals surface area contributed by atoms with Crippen molar-refractivity contribution in [2.45, 2.75) is 30.9 Å². The van der Waals surface area contributed by atoms with E-state index in [9.17, 15) is 4.79 Å². The van der Waals surface area contributed by atoms with Gasteiger partial charge in [0.15, 0.2) is 5.75 Å².